The minimum Gasteiger partial charge on any atom is -0.458 e. The summed E-state index contributed by atoms with van der Waals surface area (Å²) in [5.41, 5.74) is 0. The molecule has 60 valence electrons. The molecule has 0 atom stereocenters. The molecule has 6 heteroatoms. The van der Waals surface area contributed by atoms with Crippen LogP contribution in [0.4, 0.5) is 4.79 Å². The Labute approximate surface area is 67.5 Å². The molecule has 0 aromatic carbocycles. The van der Waals surface area contributed by atoms with Crippen molar-refractivity contribution in [3.05, 3.63) is 6.20 Å². The molecule has 1 N–H and O–H groups in total. The Morgan fingerprint density at radius 3 is 3.27 bits per heavy atom. The highest BCUT2D eigenvalue weighted by Crippen LogP contribution is 2.14. The maximum Gasteiger partial charge on any atom is 0.373 e. The van der Waals surface area contributed by atoms with E-state index in [9.17, 15) is 4.79 Å². The monoisotopic (exact) mass is 173 g/mol. The van der Waals surface area contributed by atoms with Gasteiger partial charge in [0.2, 0.25) is 0 Å². The van der Waals surface area contributed by atoms with Crippen LogP contribution >= 0.6 is 11.8 Å². The van der Waals surface area contributed by atoms with Crippen molar-refractivity contribution in [2.24, 2.45) is 0 Å². The molecule has 5 nitrogen and oxygen atoms in total. The quantitative estimate of drug-likeness (QED) is 0.534. The Balaban J connectivity index is 2.37. The Kier molecular flexibility index (Phi) is 2.91. The van der Waals surface area contributed by atoms with Crippen LogP contribution in [0.15, 0.2) is 11.2 Å². The fourth-order valence-electron chi connectivity index (χ4n) is 0.473. The zero-order valence-electron chi connectivity index (χ0n) is 5.90. The van der Waals surface area contributed by atoms with Crippen molar-refractivity contribution in [2.75, 3.05) is 6.61 Å². The largest absolute Gasteiger partial charge is 0.458 e. The Morgan fingerprint density at radius 1 is 1.91 bits per heavy atom. The van der Waals surface area contributed by atoms with E-state index in [1.807, 2.05) is 0 Å². The van der Waals surface area contributed by atoms with Gasteiger partial charge in [-0.25, -0.2) is 4.79 Å². The first-order chi connectivity index (χ1) is 5.33. The number of thioether (sulfide) groups is 1. The molecule has 1 rings (SSSR count). The number of aromatic amines is 1. The summed E-state index contributed by atoms with van der Waals surface area (Å²) < 4.78 is 4.66. The molecule has 0 aliphatic carbocycles. The van der Waals surface area contributed by atoms with E-state index in [1.54, 1.807) is 6.92 Å². The summed E-state index contributed by atoms with van der Waals surface area (Å²) in [5.74, 6) is 0. The highest BCUT2D eigenvalue weighted by Gasteiger charge is 2.05. The van der Waals surface area contributed by atoms with Gasteiger partial charge in [0.1, 0.15) is 5.03 Å². The van der Waals surface area contributed by atoms with Crippen LogP contribution in [-0.4, -0.2) is 27.3 Å². The van der Waals surface area contributed by atoms with Gasteiger partial charge >= 0.3 is 5.30 Å². The first kappa shape index (κ1) is 8.06. The number of ether oxygens (including phenoxy) is 1. The van der Waals surface area contributed by atoms with Crippen LogP contribution in [0, 0.1) is 0 Å². The summed E-state index contributed by atoms with van der Waals surface area (Å²) in [6.07, 6.45) is 1.46. The fourth-order valence-corrected chi connectivity index (χ4v) is 1.01. The third kappa shape index (κ3) is 2.58. The minimum absolute atomic E-state index is 0.360. The average Bonchev–Trinajstić information content (AvgIpc) is 2.40. The Hall–Kier alpha value is -1.04. The molecular formula is C5H7N3O2S. The van der Waals surface area contributed by atoms with Crippen LogP contribution in [-0.2, 0) is 4.74 Å². The van der Waals surface area contributed by atoms with E-state index in [-0.39, 0.29) is 5.30 Å². The molecule has 1 heterocycles. The summed E-state index contributed by atoms with van der Waals surface area (Å²) in [6, 6.07) is 0. The molecule has 0 unspecified atom stereocenters. The number of nitrogens with one attached hydrogen (secondary N) is 1. The smallest absolute Gasteiger partial charge is 0.373 e. The van der Waals surface area contributed by atoms with Gasteiger partial charge in [0, 0.05) is 11.8 Å². The van der Waals surface area contributed by atoms with Crippen molar-refractivity contribution in [3.63, 3.8) is 0 Å². The molecule has 0 amide bonds. The second-order valence-corrected chi connectivity index (χ2v) is 2.55. The topological polar surface area (TPSA) is 67.9 Å². The number of hydrogen-bond donors (Lipinski definition) is 1. The number of aromatic nitrogens is 3. The molecule has 0 radical (unpaired) electrons. The lowest BCUT2D eigenvalue weighted by atomic mass is 10.9. The molecule has 0 aliphatic heterocycles. The molecule has 0 spiro atoms. The predicted octanol–water partition coefficient (Wildman–Crippen LogP) is 1.05. The maximum absolute atomic E-state index is 10.8. The maximum atomic E-state index is 10.8. The molecule has 1 aromatic heterocycles. The normalized spacial score (nSPS) is 9.55. The van der Waals surface area contributed by atoms with Crippen LogP contribution in [0.2, 0.25) is 0 Å². The molecular weight excluding hydrogens is 166 g/mol. The predicted molar refractivity (Wildman–Crippen MR) is 39.3 cm³/mol. The van der Waals surface area contributed by atoms with Gasteiger partial charge in [0.25, 0.3) is 0 Å². The third-order valence-electron chi connectivity index (χ3n) is 0.843. The van der Waals surface area contributed by atoms with E-state index in [1.165, 1.54) is 6.20 Å². The van der Waals surface area contributed by atoms with Crippen LogP contribution in [0.25, 0.3) is 0 Å². The van der Waals surface area contributed by atoms with Crippen molar-refractivity contribution in [1.82, 2.24) is 15.4 Å². The molecule has 0 saturated carbocycles. The van der Waals surface area contributed by atoms with Crippen molar-refractivity contribution in [1.29, 1.82) is 0 Å². The second kappa shape index (κ2) is 3.97. The van der Waals surface area contributed by atoms with Gasteiger partial charge in [-0.05, 0) is 6.92 Å². The van der Waals surface area contributed by atoms with E-state index in [0.29, 0.717) is 11.6 Å². The van der Waals surface area contributed by atoms with Gasteiger partial charge in [-0.2, -0.15) is 10.3 Å². The molecule has 0 fully saturated rings. The first-order valence-electron chi connectivity index (χ1n) is 3.03. The molecule has 0 saturated heterocycles. The van der Waals surface area contributed by atoms with Gasteiger partial charge in [0.05, 0.1) is 12.8 Å². The van der Waals surface area contributed by atoms with Gasteiger partial charge in [-0.1, -0.05) is 0 Å². The lowest BCUT2D eigenvalue weighted by molar-refractivity contribution is 0.181. The highest BCUT2D eigenvalue weighted by molar-refractivity contribution is 8.13. The molecule has 0 aliphatic rings. The third-order valence-corrected chi connectivity index (χ3v) is 1.53. The van der Waals surface area contributed by atoms with Crippen molar-refractivity contribution in [3.8, 4) is 0 Å². The fraction of sp³-hybridized carbons (Fsp3) is 0.400. The zero-order valence-corrected chi connectivity index (χ0v) is 6.72. The van der Waals surface area contributed by atoms with Crippen molar-refractivity contribution >= 4 is 17.1 Å². The van der Waals surface area contributed by atoms with E-state index >= 15 is 0 Å². The summed E-state index contributed by atoms with van der Waals surface area (Å²) in [4.78, 5) is 10.8. The van der Waals surface area contributed by atoms with Crippen LogP contribution in [0.3, 0.4) is 0 Å². The zero-order chi connectivity index (χ0) is 8.10. The highest BCUT2D eigenvalue weighted by atomic mass is 32.2. The van der Waals surface area contributed by atoms with Gasteiger partial charge in [-0.3, -0.25) is 0 Å². The molecule has 11 heavy (non-hydrogen) atoms. The van der Waals surface area contributed by atoms with E-state index in [2.05, 4.69) is 20.1 Å². The average molecular weight is 173 g/mol. The van der Waals surface area contributed by atoms with Crippen molar-refractivity contribution < 1.29 is 9.53 Å². The van der Waals surface area contributed by atoms with Crippen LogP contribution in [0.1, 0.15) is 6.92 Å². The lowest BCUT2D eigenvalue weighted by Gasteiger charge is -1.95. The number of hydrogen-bond acceptors (Lipinski definition) is 5. The number of rotatable bonds is 2. The summed E-state index contributed by atoms with van der Waals surface area (Å²) in [7, 11) is 0. The summed E-state index contributed by atoms with van der Waals surface area (Å²) in [5, 5.41) is 9.74. The number of nitrogens with zero attached hydrogens (tertiary/aromatic N) is 2. The van der Waals surface area contributed by atoms with Gasteiger partial charge in [-0.15, -0.1) is 5.10 Å². The van der Waals surface area contributed by atoms with Crippen LogP contribution in [0.5, 0.6) is 0 Å². The number of carbonyl (C=O) groups excluding carboxylic acids is 1. The molecule has 1 aromatic rings. The van der Waals surface area contributed by atoms with Crippen molar-refractivity contribution in [2.45, 2.75) is 11.9 Å². The van der Waals surface area contributed by atoms with E-state index < -0.39 is 0 Å². The Morgan fingerprint density at radius 2 is 2.73 bits per heavy atom. The minimum atomic E-state index is -0.360. The Bertz CT molecular complexity index is 224. The van der Waals surface area contributed by atoms with E-state index in [4.69, 9.17) is 0 Å². The second-order valence-electron chi connectivity index (χ2n) is 1.59. The SMILES string of the molecule is CCOC(=O)Sc1cn[nH]n1. The number of carbonyl (C=O) groups is 1. The van der Waals surface area contributed by atoms with Crippen LogP contribution < -0.4 is 0 Å². The summed E-state index contributed by atoms with van der Waals surface area (Å²) in [6.45, 7) is 2.13. The first-order valence-corrected chi connectivity index (χ1v) is 3.85. The van der Waals surface area contributed by atoms with E-state index in [0.717, 1.165) is 11.8 Å². The standard InChI is InChI=1S/C5H7N3O2S/c1-2-10-5(9)11-4-3-6-8-7-4/h3H,2H2,1H3,(H,6,7,8). The van der Waals surface area contributed by atoms with Gasteiger partial charge in [0.15, 0.2) is 0 Å². The molecule has 0 bridgehead atoms. The summed E-state index contributed by atoms with van der Waals surface area (Å²) >= 11 is 0.909. The van der Waals surface area contributed by atoms with Gasteiger partial charge < -0.3 is 4.74 Å². The number of H-pyrrole nitrogens is 1. The lowest BCUT2D eigenvalue weighted by Crippen LogP contribution is -1.95.